The van der Waals surface area contributed by atoms with Crippen molar-refractivity contribution in [2.24, 2.45) is 11.8 Å². The summed E-state index contributed by atoms with van der Waals surface area (Å²) in [4.78, 5) is 11.0. The Balaban J connectivity index is 2.11. The second-order valence-corrected chi connectivity index (χ2v) is 5.41. The summed E-state index contributed by atoms with van der Waals surface area (Å²) in [7, 11) is 0. The van der Waals surface area contributed by atoms with Crippen molar-refractivity contribution >= 4 is 28.5 Å². The smallest absolute Gasteiger partial charge is 0.229 e. The van der Waals surface area contributed by atoms with Crippen LogP contribution in [0.15, 0.2) is 24.1 Å². The minimum atomic E-state index is -2.01. The molecule has 1 aliphatic carbocycles. The summed E-state index contributed by atoms with van der Waals surface area (Å²) < 4.78 is 24.7. The highest BCUT2D eigenvalue weighted by molar-refractivity contribution is 14.1. The average molecular weight is 325 g/mol. The number of rotatable bonds is 1. The molecule has 1 saturated heterocycles. The number of nitrogens with one attached hydrogen (secondary N) is 1. The quantitative estimate of drug-likeness (QED) is 0.447. The third kappa shape index (κ3) is 2.21. The van der Waals surface area contributed by atoms with Crippen LogP contribution in [0.2, 0.25) is 0 Å². The Labute approximate surface area is 99.9 Å². The maximum Gasteiger partial charge on any atom is 0.229 e. The van der Waals surface area contributed by atoms with Crippen molar-refractivity contribution in [3.8, 4) is 0 Å². The number of amides is 1. The molecule has 0 aromatic rings. The first-order chi connectivity index (χ1) is 6.99. The molecule has 0 bridgehead atoms. The van der Waals surface area contributed by atoms with Gasteiger partial charge < -0.3 is 5.32 Å². The zero-order chi connectivity index (χ0) is 11.1. The molecule has 0 radical (unpaired) electrons. The van der Waals surface area contributed by atoms with E-state index in [0.717, 1.165) is 0 Å². The van der Waals surface area contributed by atoms with Crippen LogP contribution in [0.1, 0.15) is 6.42 Å². The predicted octanol–water partition coefficient (Wildman–Crippen LogP) is 2.26. The Morgan fingerprint density at radius 1 is 1.60 bits per heavy atom. The van der Waals surface area contributed by atoms with Gasteiger partial charge in [-0.05, 0) is 40.7 Å². The maximum atomic E-state index is 13.4. The Hall–Kier alpha value is -0.460. The molecule has 1 fully saturated rings. The monoisotopic (exact) mass is 325 g/mol. The minimum absolute atomic E-state index is 0.0197. The second-order valence-electron chi connectivity index (χ2n) is 3.84. The van der Waals surface area contributed by atoms with Crippen molar-refractivity contribution in [1.82, 2.24) is 5.32 Å². The fraction of sp³-hybridized carbons (Fsp3) is 0.500. The van der Waals surface area contributed by atoms with Gasteiger partial charge in [-0.25, -0.2) is 8.78 Å². The van der Waals surface area contributed by atoms with E-state index in [2.05, 4.69) is 5.32 Å². The highest BCUT2D eigenvalue weighted by Gasteiger charge is 2.36. The van der Waals surface area contributed by atoms with E-state index < -0.39 is 9.50 Å². The third-order valence-electron chi connectivity index (χ3n) is 2.74. The molecular weight excluding hydrogens is 315 g/mol. The number of hydrogen-bond donors (Lipinski definition) is 1. The van der Waals surface area contributed by atoms with E-state index in [9.17, 15) is 13.6 Å². The molecule has 0 aromatic carbocycles. The topological polar surface area (TPSA) is 29.1 Å². The fourth-order valence-corrected chi connectivity index (χ4v) is 2.23. The Morgan fingerprint density at radius 3 is 2.87 bits per heavy atom. The Kier molecular flexibility index (Phi) is 2.83. The SMILES string of the molecule is O=C1CC(C2C=CC(F)(I)C(F)=C2)CN1. The van der Waals surface area contributed by atoms with Crippen LogP contribution in [0.3, 0.4) is 0 Å². The van der Waals surface area contributed by atoms with Gasteiger partial charge in [0, 0.05) is 18.9 Å². The molecule has 1 heterocycles. The molecule has 0 aromatic heterocycles. The molecule has 2 nitrogen and oxygen atoms in total. The van der Waals surface area contributed by atoms with Crippen LogP contribution in [0.4, 0.5) is 8.78 Å². The molecule has 3 unspecified atom stereocenters. The lowest BCUT2D eigenvalue weighted by molar-refractivity contribution is -0.119. The Morgan fingerprint density at radius 2 is 2.33 bits per heavy atom. The van der Waals surface area contributed by atoms with Gasteiger partial charge in [0.1, 0.15) is 5.83 Å². The first kappa shape index (κ1) is 11.0. The summed E-state index contributed by atoms with van der Waals surface area (Å²) in [5.41, 5.74) is 0. The largest absolute Gasteiger partial charge is 0.356 e. The molecule has 1 N–H and O–H groups in total. The van der Waals surface area contributed by atoms with Crippen LogP contribution >= 0.6 is 22.6 Å². The number of allylic oxidation sites excluding steroid dienone is 4. The summed E-state index contributed by atoms with van der Waals surface area (Å²) >= 11 is 1.41. The Bertz CT molecular complexity index is 351. The summed E-state index contributed by atoms with van der Waals surface area (Å²) in [5, 5.41) is 2.68. The lowest BCUT2D eigenvalue weighted by Crippen LogP contribution is -2.22. The molecule has 2 rings (SSSR count). The normalized spacial score (nSPS) is 40.2. The van der Waals surface area contributed by atoms with Gasteiger partial charge in [0.05, 0.1) is 0 Å². The van der Waals surface area contributed by atoms with E-state index in [4.69, 9.17) is 0 Å². The fourth-order valence-electron chi connectivity index (χ4n) is 1.84. The number of hydrogen-bond acceptors (Lipinski definition) is 1. The van der Waals surface area contributed by atoms with Gasteiger partial charge in [-0.3, -0.25) is 4.79 Å². The van der Waals surface area contributed by atoms with E-state index >= 15 is 0 Å². The molecule has 1 aliphatic heterocycles. The van der Waals surface area contributed by atoms with Crippen LogP contribution in [0.25, 0.3) is 0 Å². The van der Waals surface area contributed by atoms with Crippen molar-refractivity contribution in [3.05, 3.63) is 24.1 Å². The van der Waals surface area contributed by atoms with E-state index in [1.165, 1.54) is 34.7 Å². The van der Waals surface area contributed by atoms with E-state index in [1.54, 1.807) is 6.08 Å². The van der Waals surface area contributed by atoms with Gasteiger partial charge in [-0.15, -0.1) is 0 Å². The third-order valence-corrected chi connectivity index (χ3v) is 3.61. The van der Waals surface area contributed by atoms with Crippen LogP contribution in [-0.2, 0) is 4.79 Å². The molecule has 0 saturated carbocycles. The molecule has 1 amide bonds. The summed E-state index contributed by atoms with van der Waals surface area (Å²) in [5.74, 6) is -0.918. The van der Waals surface area contributed by atoms with Crippen molar-refractivity contribution in [3.63, 3.8) is 0 Å². The van der Waals surface area contributed by atoms with Crippen LogP contribution in [0, 0.1) is 11.8 Å². The summed E-state index contributed by atoms with van der Waals surface area (Å²) in [6.45, 7) is 0.540. The summed E-state index contributed by atoms with van der Waals surface area (Å²) in [6.07, 6.45) is 4.52. The van der Waals surface area contributed by atoms with Crippen LogP contribution < -0.4 is 5.32 Å². The zero-order valence-electron chi connectivity index (χ0n) is 7.84. The number of alkyl halides is 2. The molecule has 5 heteroatoms. The highest BCUT2D eigenvalue weighted by Crippen LogP contribution is 2.39. The first-order valence-corrected chi connectivity index (χ1v) is 5.78. The van der Waals surface area contributed by atoms with Crippen LogP contribution in [-0.4, -0.2) is 16.1 Å². The molecule has 3 atom stereocenters. The molecule has 0 spiro atoms. The number of carbonyl (C=O) groups is 1. The average Bonchev–Trinajstić information content (AvgIpc) is 2.57. The molecule has 82 valence electrons. The van der Waals surface area contributed by atoms with E-state index in [0.29, 0.717) is 13.0 Å². The van der Waals surface area contributed by atoms with Crippen molar-refractivity contribution < 1.29 is 13.6 Å². The molecule has 15 heavy (non-hydrogen) atoms. The van der Waals surface area contributed by atoms with Crippen molar-refractivity contribution in [2.75, 3.05) is 6.54 Å². The predicted molar refractivity (Wildman–Crippen MR) is 60.8 cm³/mol. The van der Waals surface area contributed by atoms with Gasteiger partial charge >= 0.3 is 0 Å². The zero-order valence-corrected chi connectivity index (χ0v) is 10.0. The first-order valence-electron chi connectivity index (χ1n) is 4.71. The molecular formula is C10H10F2INO. The van der Waals surface area contributed by atoms with E-state index in [-0.39, 0.29) is 17.7 Å². The highest BCUT2D eigenvalue weighted by atomic mass is 127. The summed E-state index contributed by atoms with van der Waals surface area (Å²) in [6, 6.07) is 0. The van der Waals surface area contributed by atoms with Gasteiger partial charge in [0.25, 0.3) is 0 Å². The lowest BCUT2D eigenvalue weighted by atomic mass is 9.87. The van der Waals surface area contributed by atoms with Gasteiger partial charge in [0.2, 0.25) is 9.58 Å². The van der Waals surface area contributed by atoms with Crippen molar-refractivity contribution in [1.29, 1.82) is 0 Å². The van der Waals surface area contributed by atoms with E-state index in [1.807, 2.05) is 0 Å². The lowest BCUT2D eigenvalue weighted by Gasteiger charge is -2.23. The number of carbonyl (C=O) groups excluding carboxylic acids is 1. The second kappa shape index (κ2) is 3.84. The standard InChI is InChI=1S/C10H10F2INO/c11-8-3-6(1-2-10(8,12)13)7-4-9(15)14-5-7/h1-3,6-7H,4-5H2,(H,14,15). The van der Waals surface area contributed by atoms with Gasteiger partial charge in [0.15, 0.2) is 0 Å². The van der Waals surface area contributed by atoms with Crippen LogP contribution in [0.5, 0.6) is 0 Å². The van der Waals surface area contributed by atoms with Gasteiger partial charge in [-0.1, -0.05) is 6.08 Å². The molecule has 2 aliphatic rings. The maximum absolute atomic E-state index is 13.4. The van der Waals surface area contributed by atoms with Crippen molar-refractivity contribution in [2.45, 2.75) is 10.1 Å². The minimum Gasteiger partial charge on any atom is -0.356 e. The number of halogens is 3. The van der Waals surface area contributed by atoms with Gasteiger partial charge in [-0.2, -0.15) is 0 Å².